The Morgan fingerprint density at radius 1 is 1.10 bits per heavy atom. The second kappa shape index (κ2) is 10.2. The number of hydrogen-bond donors (Lipinski definition) is 2. The van der Waals surface area contributed by atoms with Crippen molar-refractivity contribution in [1.82, 2.24) is 15.5 Å². The monoisotopic (exact) mass is 290 g/mol. The van der Waals surface area contributed by atoms with Crippen LogP contribution in [0.2, 0.25) is 0 Å². The number of nitrogens with zero attached hydrogens (tertiary/aromatic N) is 2. The molecule has 0 aliphatic rings. The van der Waals surface area contributed by atoms with Crippen LogP contribution < -0.4 is 10.6 Å². The highest BCUT2D eigenvalue weighted by Crippen LogP contribution is 2.02. The van der Waals surface area contributed by atoms with Gasteiger partial charge < -0.3 is 15.5 Å². The third kappa shape index (κ3) is 7.14. The van der Waals surface area contributed by atoms with Crippen LogP contribution >= 0.6 is 0 Å². The van der Waals surface area contributed by atoms with Gasteiger partial charge in [-0.2, -0.15) is 0 Å². The molecule has 0 saturated heterocycles. The van der Waals surface area contributed by atoms with Gasteiger partial charge in [0.1, 0.15) is 0 Å². The van der Waals surface area contributed by atoms with Crippen LogP contribution in [-0.4, -0.2) is 44.1 Å². The van der Waals surface area contributed by atoms with Crippen molar-refractivity contribution in [3.8, 4) is 0 Å². The first-order valence-electron chi connectivity index (χ1n) is 7.92. The van der Waals surface area contributed by atoms with Crippen molar-refractivity contribution < 1.29 is 0 Å². The van der Waals surface area contributed by atoms with E-state index in [2.05, 4.69) is 65.6 Å². The van der Waals surface area contributed by atoms with Gasteiger partial charge in [0.2, 0.25) is 0 Å². The van der Waals surface area contributed by atoms with E-state index in [1.54, 1.807) is 0 Å². The number of nitrogens with one attached hydrogen (secondary N) is 2. The maximum atomic E-state index is 4.27. The van der Waals surface area contributed by atoms with Crippen LogP contribution in [0.4, 0.5) is 0 Å². The highest BCUT2D eigenvalue weighted by Gasteiger charge is 2.02. The summed E-state index contributed by atoms with van der Waals surface area (Å²) in [5.74, 6) is 0.864. The van der Waals surface area contributed by atoms with Gasteiger partial charge in [-0.25, -0.2) is 0 Å². The highest BCUT2D eigenvalue weighted by molar-refractivity contribution is 5.79. The molecule has 0 aliphatic heterocycles. The number of aryl methyl sites for hydroxylation is 1. The third-order valence-electron chi connectivity index (χ3n) is 3.51. The van der Waals surface area contributed by atoms with Gasteiger partial charge in [-0.15, -0.1) is 0 Å². The van der Waals surface area contributed by atoms with Crippen LogP contribution in [0.15, 0.2) is 29.3 Å². The van der Waals surface area contributed by atoms with Crippen LogP contribution in [0.25, 0.3) is 0 Å². The fourth-order valence-electron chi connectivity index (χ4n) is 2.19. The molecule has 0 heterocycles. The van der Waals surface area contributed by atoms with Gasteiger partial charge in [0.15, 0.2) is 5.96 Å². The van der Waals surface area contributed by atoms with E-state index in [9.17, 15) is 0 Å². The molecule has 0 unspecified atom stereocenters. The van der Waals surface area contributed by atoms with Crippen molar-refractivity contribution in [1.29, 1.82) is 0 Å². The average molecular weight is 290 g/mol. The molecular weight excluding hydrogens is 260 g/mol. The summed E-state index contributed by atoms with van der Waals surface area (Å²) in [5.41, 5.74) is 2.56. The molecule has 0 aliphatic carbocycles. The molecule has 4 heteroatoms. The summed E-state index contributed by atoms with van der Waals surface area (Å²) in [4.78, 5) is 6.71. The van der Waals surface area contributed by atoms with Gasteiger partial charge in [0.25, 0.3) is 0 Å². The predicted octanol–water partition coefficient (Wildman–Crippen LogP) is 2.39. The maximum absolute atomic E-state index is 4.27. The molecule has 4 nitrogen and oxygen atoms in total. The number of likely N-dealkylation sites (N-methyl/N-ethyl adjacent to an activating group) is 1. The molecule has 0 saturated carbocycles. The first-order chi connectivity index (χ1) is 10.2. The van der Waals surface area contributed by atoms with Crippen molar-refractivity contribution in [3.63, 3.8) is 0 Å². The summed E-state index contributed by atoms with van der Waals surface area (Å²) < 4.78 is 0. The molecule has 2 N–H and O–H groups in total. The van der Waals surface area contributed by atoms with Gasteiger partial charge in [-0.05, 0) is 32.0 Å². The molecule has 21 heavy (non-hydrogen) atoms. The zero-order valence-corrected chi connectivity index (χ0v) is 13.9. The molecule has 0 bridgehead atoms. The Kier molecular flexibility index (Phi) is 8.51. The topological polar surface area (TPSA) is 39.7 Å². The van der Waals surface area contributed by atoms with Crippen LogP contribution in [0.1, 0.15) is 31.4 Å². The zero-order chi connectivity index (χ0) is 15.5. The largest absolute Gasteiger partial charge is 0.355 e. The quantitative estimate of drug-likeness (QED) is 0.570. The zero-order valence-electron chi connectivity index (χ0n) is 13.9. The molecule has 0 fully saturated rings. The second-order valence-corrected chi connectivity index (χ2v) is 5.27. The number of rotatable bonds is 8. The lowest BCUT2D eigenvalue weighted by Gasteiger charge is -2.20. The van der Waals surface area contributed by atoms with Gasteiger partial charge in [0, 0.05) is 26.7 Å². The summed E-state index contributed by atoms with van der Waals surface area (Å²) in [6.45, 7) is 11.6. The molecule has 0 spiro atoms. The summed E-state index contributed by atoms with van der Waals surface area (Å²) in [6, 6.07) is 8.57. The Balaban J connectivity index is 2.30. The number of hydrogen-bond acceptors (Lipinski definition) is 2. The second-order valence-electron chi connectivity index (χ2n) is 5.27. The highest BCUT2D eigenvalue weighted by atomic mass is 15.2. The first-order valence-corrected chi connectivity index (χ1v) is 7.92. The van der Waals surface area contributed by atoms with Crippen LogP contribution in [0.5, 0.6) is 0 Å². The summed E-state index contributed by atoms with van der Waals surface area (Å²) in [6.07, 6.45) is 1.20. The molecule has 0 atom stereocenters. The van der Waals surface area contributed by atoms with E-state index >= 15 is 0 Å². The van der Waals surface area contributed by atoms with Crippen LogP contribution in [0, 0.1) is 6.92 Å². The van der Waals surface area contributed by atoms with Crippen molar-refractivity contribution in [2.75, 3.05) is 33.2 Å². The van der Waals surface area contributed by atoms with Gasteiger partial charge in [0.05, 0.1) is 0 Å². The fourth-order valence-corrected chi connectivity index (χ4v) is 2.19. The minimum absolute atomic E-state index is 0.798. The SMILES string of the molecule is CCCN(CC)CCNC(=NC)NCc1ccc(C)cc1. The van der Waals surface area contributed by atoms with E-state index in [0.29, 0.717) is 0 Å². The smallest absolute Gasteiger partial charge is 0.191 e. The van der Waals surface area contributed by atoms with Gasteiger partial charge in [-0.3, -0.25) is 4.99 Å². The summed E-state index contributed by atoms with van der Waals surface area (Å²) >= 11 is 0. The normalized spacial score (nSPS) is 11.8. The van der Waals surface area contributed by atoms with Crippen LogP contribution in [0.3, 0.4) is 0 Å². The van der Waals surface area contributed by atoms with E-state index in [0.717, 1.165) is 38.7 Å². The average Bonchev–Trinajstić information content (AvgIpc) is 2.51. The lowest BCUT2D eigenvalue weighted by Crippen LogP contribution is -2.41. The molecule has 1 aromatic carbocycles. The van der Waals surface area contributed by atoms with Crippen molar-refractivity contribution in [2.45, 2.75) is 33.7 Å². The molecule has 0 aromatic heterocycles. The van der Waals surface area contributed by atoms with E-state index in [1.807, 2.05) is 7.05 Å². The molecule has 1 rings (SSSR count). The van der Waals surface area contributed by atoms with E-state index < -0.39 is 0 Å². The lowest BCUT2D eigenvalue weighted by molar-refractivity contribution is 0.293. The third-order valence-corrected chi connectivity index (χ3v) is 3.51. The van der Waals surface area contributed by atoms with E-state index in [1.165, 1.54) is 17.5 Å². The Hall–Kier alpha value is -1.55. The van der Waals surface area contributed by atoms with Gasteiger partial charge in [-0.1, -0.05) is 43.7 Å². The Morgan fingerprint density at radius 3 is 2.38 bits per heavy atom. The van der Waals surface area contributed by atoms with Crippen molar-refractivity contribution in [2.24, 2.45) is 4.99 Å². The Morgan fingerprint density at radius 2 is 1.81 bits per heavy atom. The van der Waals surface area contributed by atoms with Gasteiger partial charge >= 0.3 is 0 Å². The molecule has 0 amide bonds. The summed E-state index contributed by atoms with van der Waals surface area (Å²) in [7, 11) is 1.81. The number of aliphatic imine (C=N–C) groups is 1. The fraction of sp³-hybridized carbons (Fsp3) is 0.588. The minimum atomic E-state index is 0.798. The minimum Gasteiger partial charge on any atom is -0.355 e. The maximum Gasteiger partial charge on any atom is 0.191 e. The number of benzene rings is 1. The van der Waals surface area contributed by atoms with E-state index in [-0.39, 0.29) is 0 Å². The molecule has 118 valence electrons. The van der Waals surface area contributed by atoms with Crippen molar-refractivity contribution in [3.05, 3.63) is 35.4 Å². The summed E-state index contributed by atoms with van der Waals surface area (Å²) in [5, 5.41) is 6.72. The molecule has 1 aromatic rings. The first kappa shape index (κ1) is 17.5. The Bertz CT molecular complexity index is 411. The Labute approximate surface area is 129 Å². The van der Waals surface area contributed by atoms with E-state index in [4.69, 9.17) is 0 Å². The predicted molar refractivity (Wildman–Crippen MR) is 91.8 cm³/mol. The van der Waals surface area contributed by atoms with Crippen molar-refractivity contribution >= 4 is 5.96 Å². The molecular formula is C17H30N4. The molecule has 0 radical (unpaired) electrons. The lowest BCUT2D eigenvalue weighted by atomic mass is 10.1. The van der Waals surface area contributed by atoms with Crippen LogP contribution in [-0.2, 0) is 6.54 Å². The standard InChI is InChI=1S/C17H30N4/c1-5-12-21(6-2)13-11-19-17(18-4)20-14-16-9-7-15(3)8-10-16/h7-10H,5-6,11-14H2,1-4H3,(H2,18,19,20). The number of guanidine groups is 1.